The van der Waals surface area contributed by atoms with Gasteiger partial charge >= 0.3 is 0 Å². The van der Waals surface area contributed by atoms with Crippen LogP contribution in [-0.2, 0) is 19.3 Å². The van der Waals surface area contributed by atoms with Gasteiger partial charge in [0.2, 0.25) is 0 Å². The number of rotatable bonds is 13. The van der Waals surface area contributed by atoms with E-state index in [0.29, 0.717) is 16.9 Å². The third-order valence-electron chi connectivity index (χ3n) is 10.8. The Labute approximate surface area is 256 Å². The molecule has 3 aromatic rings. The highest BCUT2D eigenvalue weighted by Gasteiger charge is 2.25. The van der Waals surface area contributed by atoms with E-state index in [-0.39, 0.29) is 5.82 Å². The van der Waals surface area contributed by atoms with E-state index in [0.717, 1.165) is 60.6 Å². The number of halogens is 1. The Bertz CT molecular complexity index is 1280. The van der Waals surface area contributed by atoms with Crippen molar-refractivity contribution in [3.63, 3.8) is 0 Å². The summed E-state index contributed by atoms with van der Waals surface area (Å²) in [5.74, 6) is 2.42. The zero-order valence-electron chi connectivity index (χ0n) is 27.5. The van der Waals surface area contributed by atoms with Crippen LogP contribution in [-0.4, -0.2) is 6.61 Å². The van der Waals surface area contributed by atoms with Gasteiger partial charge in [0.05, 0.1) is 6.61 Å². The van der Waals surface area contributed by atoms with Gasteiger partial charge in [-0.05, 0) is 107 Å². The second kappa shape index (κ2) is 14.7. The van der Waals surface area contributed by atoms with E-state index in [1.807, 2.05) is 6.07 Å². The highest BCUT2D eigenvalue weighted by atomic mass is 19.1. The van der Waals surface area contributed by atoms with E-state index in [9.17, 15) is 0 Å². The normalized spacial score (nSPS) is 17.4. The van der Waals surface area contributed by atoms with Crippen LogP contribution in [0.2, 0.25) is 0 Å². The molecule has 0 aromatic heterocycles. The lowest BCUT2D eigenvalue weighted by molar-refractivity contribution is 0.172. The van der Waals surface area contributed by atoms with Gasteiger partial charge < -0.3 is 4.74 Å². The maximum atomic E-state index is 15.9. The second-order valence-electron chi connectivity index (χ2n) is 12.9. The highest BCUT2D eigenvalue weighted by Crippen LogP contribution is 2.41. The van der Waals surface area contributed by atoms with E-state index < -0.39 is 0 Å². The molecule has 1 nitrogen and oxygen atoms in total. The topological polar surface area (TPSA) is 9.23 Å². The van der Waals surface area contributed by atoms with Crippen LogP contribution in [0.4, 0.5) is 4.39 Å². The first-order chi connectivity index (χ1) is 20.3. The molecule has 0 aliphatic heterocycles. The van der Waals surface area contributed by atoms with Crippen LogP contribution >= 0.6 is 0 Å². The Kier molecular flexibility index (Phi) is 11.3. The molecular weight excluding hydrogens is 515 g/mol. The molecule has 0 heterocycles. The SMILES string of the molecule is CCc1cc(-c2ccc(-c3ccc(C4CCC(C)CC4)cc3)cc2F)c(CC)c(CC)c1OCCC(CC)(CC)CC. The van der Waals surface area contributed by atoms with Crippen LogP contribution in [0, 0.1) is 17.2 Å². The second-order valence-corrected chi connectivity index (χ2v) is 12.9. The number of ether oxygens (including phenoxy) is 1. The average Bonchev–Trinajstić information content (AvgIpc) is 3.03. The quantitative estimate of drug-likeness (QED) is 0.199. The zero-order valence-corrected chi connectivity index (χ0v) is 27.5. The molecule has 1 saturated carbocycles. The lowest BCUT2D eigenvalue weighted by atomic mass is 9.77. The fourth-order valence-corrected chi connectivity index (χ4v) is 7.39. The van der Waals surface area contributed by atoms with Gasteiger partial charge in [0.25, 0.3) is 0 Å². The number of benzene rings is 3. The summed E-state index contributed by atoms with van der Waals surface area (Å²) < 4.78 is 22.6. The summed E-state index contributed by atoms with van der Waals surface area (Å²) in [6, 6.07) is 16.9. The first kappa shape index (κ1) is 32.3. The maximum absolute atomic E-state index is 15.9. The summed E-state index contributed by atoms with van der Waals surface area (Å²) in [7, 11) is 0. The summed E-state index contributed by atoms with van der Waals surface area (Å²) in [5, 5.41) is 0. The molecule has 0 amide bonds. The average molecular weight is 571 g/mol. The molecular formula is C40H55FO. The largest absolute Gasteiger partial charge is 0.493 e. The molecule has 0 spiro atoms. The molecule has 2 heteroatoms. The van der Waals surface area contributed by atoms with Crippen molar-refractivity contribution in [2.45, 2.75) is 125 Å². The van der Waals surface area contributed by atoms with Crippen molar-refractivity contribution < 1.29 is 9.13 Å². The lowest BCUT2D eigenvalue weighted by Crippen LogP contribution is -2.21. The monoisotopic (exact) mass is 570 g/mol. The summed E-state index contributed by atoms with van der Waals surface area (Å²) in [6.45, 7) is 16.6. The van der Waals surface area contributed by atoms with Gasteiger partial charge in [-0.1, -0.05) is 117 Å². The fraction of sp³-hybridized carbons (Fsp3) is 0.550. The van der Waals surface area contributed by atoms with Crippen molar-refractivity contribution in [3.8, 4) is 28.0 Å². The highest BCUT2D eigenvalue weighted by molar-refractivity contribution is 5.76. The van der Waals surface area contributed by atoms with Crippen molar-refractivity contribution in [1.82, 2.24) is 0 Å². The van der Waals surface area contributed by atoms with Crippen LogP contribution in [0.25, 0.3) is 22.3 Å². The molecule has 1 aliphatic rings. The minimum atomic E-state index is -0.149. The van der Waals surface area contributed by atoms with Gasteiger partial charge in [0.15, 0.2) is 0 Å². The first-order valence-corrected chi connectivity index (χ1v) is 17.0. The number of hydrogen-bond acceptors (Lipinski definition) is 1. The molecule has 0 N–H and O–H groups in total. The molecule has 3 aromatic carbocycles. The predicted octanol–water partition coefficient (Wildman–Crippen LogP) is 12.1. The third-order valence-corrected chi connectivity index (χ3v) is 10.8. The Balaban J connectivity index is 1.61. The lowest BCUT2D eigenvalue weighted by Gasteiger charge is -2.31. The van der Waals surface area contributed by atoms with Crippen LogP contribution in [0.1, 0.15) is 128 Å². The van der Waals surface area contributed by atoms with Gasteiger partial charge in [-0.3, -0.25) is 0 Å². The van der Waals surface area contributed by atoms with Crippen molar-refractivity contribution in [2.75, 3.05) is 6.61 Å². The third kappa shape index (κ3) is 6.95. The van der Waals surface area contributed by atoms with Crippen molar-refractivity contribution in [3.05, 3.63) is 76.6 Å². The van der Waals surface area contributed by atoms with E-state index in [1.165, 1.54) is 67.2 Å². The van der Waals surface area contributed by atoms with Crippen molar-refractivity contribution >= 4 is 0 Å². The number of aryl methyl sites for hydroxylation is 1. The Hall–Kier alpha value is -2.61. The zero-order chi connectivity index (χ0) is 30.3. The van der Waals surface area contributed by atoms with Gasteiger partial charge in [-0.2, -0.15) is 0 Å². The fourth-order valence-electron chi connectivity index (χ4n) is 7.39. The first-order valence-electron chi connectivity index (χ1n) is 17.0. The minimum Gasteiger partial charge on any atom is -0.493 e. The minimum absolute atomic E-state index is 0.149. The van der Waals surface area contributed by atoms with E-state index in [4.69, 9.17) is 4.74 Å². The van der Waals surface area contributed by atoms with Crippen molar-refractivity contribution in [2.24, 2.45) is 11.3 Å². The molecule has 42 heavy (non-hydrogen) atoms. The Morgan fingerprint density at radius 2 is 1.33 bits per heavy atom. The summed E-state index contributed by atoms with van der Waals surface area (Å²) in [4.78, 5) is 0. The van der Waals surface area contributed by atoms with Crippen LogP contribution in [0.15, 0.2) is 48.5 Å². The Morgan fingerprint density at radius 3 is 1.88 bits per heavy atom. The molecule has 1 fully saturated rings. The molecule has 0 unspecified atom stereocenters. The van der Waals surface area contributed by atoms with Gasteiger partial charge in [-0.25, -0.2) is 4.39 Å². The molecule has 0 saturated heterocycles. The number of hydrogen-bond donors (Lipinski definition) is 0. The predicted molar refractivity (Wildman–Crippen MR) is 179 cm³/mol. The maximum Gasteiger partial charge on any atom is 0.131 e. The van der Waals surface area contributed by atoms with Crippen LogP contribution in [0.3, 0.4) is 0 Å². The van der Waals surface area contributed by atoms with Gasteiger partial charge in [-0.15, -0.1) is 0 Å². The van der Waals surface area contributed by atoms with E-state index >= 15 is 4.39 Å². The summed E-state index contributed by atoms with van der Waals surface area (Å²) >= 11 is 0. The molecule has 0 atom stereocenters. The Morgan fingerprint density at radius 1 is 0.714 bits per heavy atom. The van der Waals surface area contributed by atoms with Gasteiger partial charge in [0.1, 0.15) is 11.6 Å². The molecule has 228 valence electrons. The van der Waals surface area contributed by atoms with Crippen LogP contribution in [0.5, 0.6) is 5.75 Å². The van der Waals surface area contributed by atoms with Crippen molar-refractivity contribution in [1.29, 1.82) is 0 Å². The van der Waals surface area contributed by atoms with E-state index in [2.05, 4.69) is 84.9 Å². The summed E-state index contributed by atoms with van der Waals surface area (Å²) in [6.07, 6.45) is 12.4. The smallest absolute Gasteiger partial charge is 0.131 e. The molecule has 0 bridgehead atoms. The molecule has 0 radical (unpaired) electrons. The van der Waals surface area contributed by atoms with Crippen LogP contribution < -0.4 is 4.74 Å². The summed E-state index contributed by atoms with van der Waals surface area (Å²) in [5.41, 5.74) is 9.18. The molecule has 4 rings (SSSR count). The van der Waals surface area contributed by atoms with E-state index in [1.54, 1.807) is 6.07 Å². The van der Waals surface area contributed by atoms with Gasteiger partial charge in [0, 0.05) is 5.56 Å². The standard InChI is InChI=1S/C40H55FO/c1-8-29-26-37(34(9-2)35(10-3)39(29)42-25-24-40(11-4,12-5)13-6)36-23-22-33(27-38(36)41)32-20-18-31(19-21-32)30-16-14-28(7)15-17-30/h18-23,26-28,30H,8-17,24-25H2,1-7H3. The molecule has 1 aliphatic carbocycles.